The molecular weight excluding hydrogens is 244 g/mol. The summed E-state index contributed by atoms with van der Waals surface area (Å²) in [7, 11) is 1.73. The van der Waals surface area contributed by atoms with E-state index in [-0.39, 0.29) is 5.91 Å². The first-order valence-corrected chi connectivity index (χ1v) is 6.03. The zero-order valence-corrected chi connectivity index (χ0v) is 11.0. The molecule has 0 radical (unpaired) electrons. The highest BCUT2D eigenvalue weighted by atomic mass is 16.3. The van der Waals surface area contributed by atoms with E-state index in [0.717, 1.165) is 12.1 Å². The SMILES string of the molecule is CCNc1ncc(C(=O)N(C)Cc2ccoc2)cn1. The van der Waals surface area contributed by atoms with Crippen LogP contribution >= 0.6 is 0 Å². The lowest BCUT2D eigenvalue weighted by Gasteiger charge is -2.15. The van der Waals surface area contributed by atoms with Gasteiger partial charge in [0.1, 0.15) is 0 Å². The maximum Gasteiger partial charge on any atom is 0.257 e. The van der Waals surface area contributed by atoms with Gasteiger partial charge < -0.3 is 14.6 Å². The predicted octanol–water partition coefficient (Wildman–Crippen LogP) is 1.77. The molecule has 1 N–H and O–H groups in total. The molecule has 6 heteroatoms. The summed E-state index contributed by atoms with van der Waals surface area (Å²) in [6.07, 6.45) is 6.26. The quantitative estimate of drug-likeness (QED) is 0.887. The number of rotatable bonds is 5. The van der Waals surface area contributed by atoms with E-state index in [4.69, 9.17) is 4.42 Å². The average molecular weight is 260 g/mol. The molecule has 2 heterocycles. The molecule has 19 heavy (non-hydrogen) atoms. The molecule has 0 aliphatic carbocycles. The third kappa shape index (κ3) is 3.31. The highest BCUT2D eigenvalue weighted by Crippen LogP contribution is 2.08. The van der Waals surface area contributed by atoms with Gasteiger partial charge in [0.15, 0.2) is 0 Å². The second-order valence-corrected chi connectivity index (χ2v) is 4.12. The Morgan fingerprint density at radius 1 is 1.42 bits per heavy atom. The van der Waals surface area contributed by atoms with Gasteiger partial charge in [0, 0.05) is 38.1 Å². The Balaban J connectivity index is 2.02. The molecule has 0 aromatic carbocycles. The zero-order chi connectivity index (χ0) is 13.7. The molecule has 0 unspecified atom stereocenters. The van der Waals surface area contributed by atoms with Crippen LogP contribution < -0.4 is 5.32 Å². The summed E-state index contributed by atoms with van der Waals surface area (Å²) in [6, 6.07) is 1.83. The second-order valence-electron chi connectivity index (χ2n) is 4.12. The number of carbonyl (C=O) groups excluding carboxylic acids is 1. The Morgan fingerprint density at radius 2 is 2.16 bits per heavy atom. The molecule has 100 valence electrons. The van der Waals surface area contributed by atoms with Crippen LogP contribution in [0.3, 0.4) is 0 Å². The third-order valence-electron chi connectivity index (χ3n) is 2.58. The molecule has 2 aromatic rings. The Bertz CT molecular complexity index is 522. The maximum absolute atomic E-state index is 12.1. The van der Waals surface area contributed by atoms with Crippen molar-refractivity contribution in [1.29, 1.82) is 0 Å². The highest BCUT2D eigenvalue weighted by molar-refractivity contribution is 5.93. The molecule has 0 aliphatic heterocycles. The van der Waals surface area contributed by atoms with Crippen molar-refractivity contribution in [2.24, 2.45) is 0 Å². The van der Waals surface area contributed by atoms with Crippen molar-refractivity contribution in [2.75, 3.05) is 18.9 Å². The first kappa shape index (κ1) is 13.1. The van der Waals surface area contributed by atoms with E-state index in [0.29, 0.717) is 18.1 Å². The summed E-state index contributed by atoms with van der Waals surface area (Å²) in [4.78, 5) is 21.9. The van der Waals surface area contributed by atoms with Crippen LogP contribution in [0.25, 0.3) is 0 Å². The Morgan fingerprint density at radius 3 is 2.74 bits per heavy atom. The minimum atomic E-state index is -0.121. The maximum atomic E-state index is 12.1. The van der Waals surface area contributed by atoms with Crippen LogP contribution in [-0.4, -0.2) is 34.4 Å². The van der Waals surface area contributed by atoms with Crippen molar-refractivity contribution < 1.29 is 9.21 Å². The first-order valence-electron chi connectivity index (χ1n) is 6.03. The summed E-state index contributed by atoms with van der Waals surface area (Å²) < 4.78 is 4.97. The van der Waals surface area contributed by atoms with Gasteiger partial charge in [-0.1, -0.05) is 0 Å². The van der Waals surface area contributed by atoms with Gasteiger partial charge in [0.05, 0.1) is 18.1 Å². The fourth-order valence-corrected chi connectivity index (χ4v) is 1.64. The number of anilines is 1. The largest absolute Gasteiger partial charge is 0.472 e. The normalized spacial score (nSPS) is 10.2. The van der Waals surface area contributed by atoms with Crippen molar-refractivity contribution in [1.82, 2.24) is 14.9 Å². The van der Waals surface area contributed by atoms with E-state index in [1.165, 1.54) is 12.4 Å². The average Bonchev–Trinajstić information content (AvgIpc) is 2.92. The van der Waals surface area contributed by atoms with E-state index in [9.17, 15) is 4.79 Å². The van der Waals surface area contributed by atoms with Crippen LogP contribution in [0, 0.1) is 0 Å². The Kier molecular flexibility index (Phi) is 4.12. The smallest absolute Gasteiger partial charge is 0.257 e. The van der Waals surface area contributed by atoms with Gasteiger partial charge in [-0.2, -0.15) is 0 Å². The molecule has 0 aliphatic rings. The molecule has 2 aromatic heterocycles. The molecule has 2 rings (SSSR count). The number of nitrogens with zero attached hydrogens (tertiary/aromatic N) is 3. The predicted molar refractivity (Wildman–Crippen MR) is 70.7 cm³/mol. The van der Waals surface area contributed by atoms with Gasteiger partial charge in [-0.05, 0) is 13.0 Å². The van der Waals surface area contributed by atoms with Crippen molar-refractivity contribution in [3.05, 3.63) is 42.1 Å². The van der Waals surface area contributed by atoms with E-state index in [1.807, 2.05) is 13.0 Å². The minimum absolute atomic E-state index is 0.121. The summed E-state index contributed by atoms with van der Waals surface area (Å²) in [5, 5.41) is 2.98. The fraction of sp³-hybridized carbons (Fsp3) is 0.308. The molecule has 0 atom stereocenters. The van der Waals surface area contributed by atoms with Crippen molar-refractivity contribution >= 4 is 11.9 Å². The summed E-state index contributed by atoms with van der Waals surface area (Å²) in [6.45, 7) is 3.19. The number of amides is 1. The van der Waals surface area contributed by atoms with E-state index in [1.54, 1.807) is 24.5 Å². The number of hydrogen-bond acceptors (Lipinski definition) is 5. The number of furan rings is 1. The minimum Gasteiger partial charge on any atom is -0.472 e. The lowest BCUT2D eigenvalue weighted by Crippen LogP contribution is -2.26. The zero-order valence-electron chi connectivity index (χ0n) is 11.0. The highest BCUT2D eigenvalue weighted by Gasteiger charge is 2.13. The van der Waals surface area contributed by atoms with Gasteiger partial charge in [0.2, 0.25) is 5.95 Å². The summed E-state index contributed by atoms with van der Waals surface area (Å²) in [5.74, 6) is 0.404. The van der Waals surface area contributed by atoms with Gasteiger partial charge in [-0.25, -0.2) is 9.97 Å². The van der Waals surface area contributed by atoms with Gasteiger partial charge in [-0.15, -0.1) is 0 Å². The van der Waals surface area contributed by atoms with Crippen molar-refractivity contribution in [3.63, 3.8) is 0 Å². The molecule has 0 fully saturated rings. The van der Waals surface area contributed by atoms with Crippen LogP contribution in [0.5, 0.6) is 0 Å². The number of nitrogens with one attached hydrogen (secondary N) is 1. The van der Waals surface area contributed by atoms with Crippen LogP contribution in [0.2, 0.25) is 0 Å². The van der Waals surface area contributed by atoms with Crippen LogP contribution in [-0.2, 0) is 6.54 Å². The van der Waals surface area contributed by atoms with Gasteiger partial charge in [-0.3, -0.25) is 4.79 Å². The van der Waals surface area contributed by atoms with Crippen LogP contribution in [0.4, 0.5) is 5.95 Å². The standard InChI is InChI=1S/C13H16N4O2/c1-3-14-13-15-6-11(7-16-13)12(18)17(2)8-10-4-5-19-9-10/h4-7,9H,3,8H2,1-2H3,(H,14,15,16). The fourth-order valence-electron chi connectivity index (χ4n) is 1.64. The topological polar surface area (TPSA) is 71.3 Å². The van der Waals surface area contributed by atoms with E-state index >= 15 is 0 Å². The molecule has 0 saturated heterocycles. The second kappa shape index (κ2) is 5.99. The summed E-state index contributed by atoms with van der Waals surface area (Å²) in [5.41, 5.74) is 1.41. The molecular formula is C13H16N4O2. The third-order valence-corrected chi connectivity index (χ3v) is 2.58. The van der Waals surface area contributed by atoms with Gasteiger partial charge >= 0.3 is 0 Å². The van der Waals surface area contributed by atoms with Crippen LogP contribution in [0.1, 0.15) is 22.8 Å². The first-order chi connectivity index (χ1) is 9.20. The lowest BCUT2D eigenvalue weighted by molar-refractivity contribution is 0.0784. The number of carbonyl (C=O) groups is 1. The Labute approximate surface area is 111 Å². The van der Waals surface area contributed by atoms with E-state index < -0.39 is 0 Å². The van der Waals surface area contributed by atoms with Gasteiger partial charge in [0.25, 0.3) is 5.91 Å². The molecule has 0 saturated carbocycles. The molecule has 0 bridgehead atoms. The van der Waals surface area contributed by atoms with Crippen LogP contribution in [0.15, 0.2) is 35.4 Å². The molecule has 6 nitrogen and oxygen atoms in total. The van der Waals surface area contributed by atoms with Crippen molar-refractivity contribution in [2.45, 2.75) is 13.5 Å². The molecule has 0 spiro atoms. The number of aromatic nitrogens is 2. The lowest BCUT2D eigenvalue weighted by atomic mass is 10.2. The molecule has 1 amide bonds. The van der Waals surface area contributed by atoms with E-state index in [2.05, 4.69) is 15.3 Å². The Hall–Kier alpha value is -2.37. The van der Waals surface area contributed by atoms with Crippen molar-refractivity contribution in [3.8, 4) is 0 Å². The number of hydrogen-bond donors (Lipinski definition) is 1. The monoisotopic (exact) mass is 260 g/mol. The summed E-state index contributed by atoms with van der Waals surface area (Å²) >= 11 is 0.